The molecule has 0 amide bonds. The molecule has 0 aliphatic rings. The summed E-state index contributed by atoms with van der Waals surface area (Å²) in [6.45, 7) is 6.32. The molecule has 0 saturated heterocycles. The molecule has 6 heteroatoms. The molecule has 0 radical (unpaired) electrons. The second kappa shape index (κ2) is 7.83. The Kier molecular flexibility index (Phi) is 6.42. The minimum atomic E-state index is -0.900. The molecular weight excluding hydrogens is 272 g/mol. The van der Waals surface area contributed by atoms with E-state index in [9.17, 15) is 15.2 Å². The molecule has 0 aromatic heterocycles. The van der Waals surface area contributed by atoms with Gasteiger partial charge in [0.15, 0.2) is 5.75 Å². The summed E-state index contributed by atoms with van der Waals surface area (Å²) in [7, 11) is 0. The van der Waals surface area contributed by atoms with Crippen LogP contribution in [-0.4, -0.2) is 28.8 Å². The van der Waals surface area contributed by atoms with Crippen LogP contribution in [0.25, 0.3) is 0 Å². The highest BCUT2D eigenvalue weighted by molar-refractivity contribution is 5.68. The number of nitro groups is 1. The number of hydrogen-bond acceptors (Lipinski definition) is 5. The van der Waals surface area contributed by atoms with E-state index >= 15 is 0 Å². The van der Waals surface area contributed by atoms with Gasteiger partial charge in [0.1, 0.15) is 5.69 Å². The van der Waals surface area contributed by atoms with Crippen molar-refractivity contribution < 1.29 is 14.8 Å². The molecule has 1 unspecified atom stereocenters. The quantitative estimate of drug-likeness (QED) is 0.539. The Balaban J connectivity index is 2.93. The van der Waals surface area contributed by atoms with Gasteiger partial charge in [-0.15, -0.1) is 0 Å². The van der Waals surface area contributed by atoms with E-state index in [-0.39, 0.29) is 18.0 Å². The maximum Gasteiger partial charge on any atom is 0.333 e. The van der Waals surface area contributed by atoms with Crippen LogP contribution < -0.4 is 10.1 Å². The van der Waals surface area contributed by atoms with Crippen LogP contribution in [0.5, 0.6) is 5.75 Å². The molecule has 2 N–H and O–H groups in total. The van der Waals surface area contributed by atoms with Crippen molar-refractivity contribution in [2.45, 2.75) is 45.6 Å². The van der Waals surface area contributed by atoms with Gasteiger partial charge in [-0.3, -0.25) is 10.1 Å². The van der Waals surface area contributed by atoms with Crippen molar-refractivity contribution in [3.05, 3.63) is 28.3 Å². The topological polar surface area (TPSA) is 84.6 Å². The van der Waals surface area contributed by atoms with Crippen LogP contribution in [-0.2, 0) is 0 Å². The summed E-state index contributed by atoms with van der Waals surface area (Å²) in [6, 6.07) is 4.91. The van der Waals surface area contributed by atoms with Gasteiger partial charge in [0, 0.05) is 6.54 Å². The lowest BCUT2D eigenvalue weighted by Gasteiger charge is -2.23. The fraction of sp³-hybridized carbons (Fsp3) is 0.600. The van der Waals surface area contributed by atoms with E-state index in [1.54, 1.807) is 25.1 Å². The van der Waals surface area contributed by atoms with Gasteiger partial charge in [-0.2, -0.15) is 0 Å². The van der Waals surface area contributed by atoms with E-state index < -0.39 is 10.5 Å². The second-order valence-electron chi connectivity index (χ2n) is 5.36. The largest absolute Gasteiger partial charge is 0.487 e. The van der Waals surface area contributed by atoms with Crippen LogP contribution in [0, 0.1) is 10.1 Å². The molecule has 1 aromatic rings. The third-order valence-electron chi connectivity index (χ3n) is 3.09. The highest BCUT2D eigenvalue weighted by atomic mass is 16.6. The van der Waals surface area contributed by atoms with Crippen molar-refractivity contribution in [3.63, 3.8) is 0 Å². The molecular formula is C15H24N2O4. The summed E-state index contributed by atoms with van der Waals surface area (Å²) in [5.74, 6) is 0.252. The van der Waals surface area contributed by atoms with Crippen LogP contribution in [0.2, 0.25) is 0 Å². The molecule has 118 valence electrons. The molecule has 0 heterocycles. The van der Waals surface area contributed by atoms with E-state index in [1.165, 1.54) is 0 Å². The van der Waals surface area contributed by atoms with Crippen LogP contribution in [0.3, 0.4) is 0 Å². The average molecular weight is 296 g/mol. The Hall–Kier alpha value is -1.82. The van der Waals surface area contributed by atoms with E-state index in [1.807, 2.05) is 13.8 Å². The fourth-order valence-electron chi connectivity index (χ4n) is 2.09. The zero-order valence-electron chi connectivity index (χ0n) is 12.9. The smallest absolute Gasteiger partial charge is 0.333 e. The number of nitro benzene ring substituents is 1. The van der Waals surface area contributed by atoms with E-state index in [4.69, 9.17) is 4.74 Å². The van der Waals surface area contributed by atoms with Gasteiger partial charge in [0.25, 0.3) is 0 Å². The first kappa shape index (κ1) is 17.2. The maximum atomic E-state index is 11.3. The molecule has 0 aliphatic heterocycles. The third-order valence-corrected chi connectivity index (χ3v) is 3.09. The summed E-state index contributed by atoms with van der Waals surface area (Å²) in [5.41, 5.74) is -0.619. The first-order valence-electron chi connectivity index (χ1n) is 7.27. The molecule has 1 aromatic carbocycles. The normalized spacial score (nSPS) is 13.5. The number of aliphatic hydroxyl groups is 1. The number of nitrogens with one attached hydrogen (secondary N) is 1. The van der Waals surface area contributed by atoms with E-state index in [2.05, 4.69) is 5.32 Å². The number of anilines is 1. The molecule has 0 spiro atoms. The van der Waals surface area contributed by atoms with Gasteiger partial charge in [-0.1, -0.05) is 26.3 Å². The van der Waals surface area contributed by atoms with Crippen LogP contribution in [0.4, 0.5) is 11.4 Å². The summed E-state index contributed by atoms with van der Waals surface area (Å²) in [5, 5.41) is 24.4. The van der Waals surface area contributed by atoms with Crippen LogP contribution in [0.1, 0.15) is 40.0 Å². The van der Waals surface area contributed by atoms with Gasteiger partial charge in [0.05, 0.1) is 17.1 Å². The van der Waals surface area contributed by atoms with Gasteiger partial charge in [-0.25, -0.2) is 0 Å². The van der Waals surface area contributed by atoms with Gasteiger partial charge >= 0.3 is 5.69 Å². The molecule has 1 rings (SSSR count). The lowest BCUT2D eigenvalue weighted by molar-refractivity contribution is -0.385. The summed E-state index contributed by atoms with van der Waals surface area (Å²) in [4.78, 5) is 10.8. The van der Waals surface area contributed by atoms with E-state index in [0.29, 0.717) is 18.7 Å². The summed E-state index contributed by atoms with van der Waals surface area (Å²) in [6.07, 6.45) is 2.25. The predicted molar refractivity (Wildman–Crippen MR) is 82.9 cm³/mol. The Morgan fingerprint density at radius 2 is 2.10 bits per heavy atom. The van der Waals surface area contributed by atoms with Crippen LogP contribution in [0.15, 0.2) is 18.2 Å². The van der Waals surface area contributed by atoms with Gasteiger partial charge < -0.3 is 15.2 Å². The maximum absolute atomic E-state index is 11.3. The summed E-state index contributed by atoms with van der Waals surface area (Å²) < 4.78 is 5.42. The van der Waals surface area contributed by atoms with Crippen LogP contribution >= 0.6 is 0 Å². The third kappa shape index (κ3) is 5.23. The SMILES string of the molecule is CCCOc1cccc(NCC(C)(O)CCC)c1[N+](=O)[O-]. The Bertz CT molecular complexity index is 475. The highest BCUT2D eigenvalue weighted by Gasteiger charge is 2.24. The number of para-hydroxylation sites is 1. The number of ether oxygens (including phenoxy) is 1. The van der Waals surface area contributed by atoms with Gasteiger partial charge in [-0.05, 0) is 31.9 Å². The number of hydrogen-bond donors (Lipinski definition) is 2. The van der Waals surface area contributed by atoms with E-state index in [0.717, 1.165) is 12.8 Å². The zero-order chi connectivity index (χ0) is 15.9. The van der Waals surface area contributed by atoms with Crippen molar-refractivity contribution in [1.29, 1.82) is 0 Å². The minimum absolute atomic E-state index is 0.0850. The molecule has 21 heavy (non-hydrogen) atoms. The molecule has 0 fully saturated rings. The Labute approximate surface area is 125 Å². The summed E-state index contributed by atoms with van der Waals surface area (Å²) >= 11 is 0. The monoisotopic (exact) mass is 296 g/mol. The molecule has 1 atom stereocenters. The number of benzene rings is 1. The van der Waals surface area contributed by atoms with Crippen molar-refractivity contribution in [1.82, 2.24) is 0 Å². The highest BCUT2D eigenvalue weighted by Crippen LogP contribution is 2.35. The molecule has 6 nitrogen and oxygen atoms in total. The number of rotatable bonds is 9. The Morgan fingerprint density at radius 3 is 2.67 bits per heavy atom. The van der Waals surface area contributed by atoms with Gasteiger partial charge in [0.2, 0.25) is 0 Å². The molecule has 0 aliphatic carbocycles. The number of nitrogens with zero attached hydrogens (tertiary/aromatic N) is 1. The standard InChI is InChI=1S/C15H24N2O4/c1-4-9-15(3,18)11-16-12-7-6-8-13(21-10-5-2)14(12)17(19)20/h6-8,16,18H,4-5,9-11H2,1-3H3. The van der Waals surface area contributed by atoms with Crippen molar-refractivity contribution >= 4 is 11.4 Å². The Morgan fingerprint density at radius 1 is 1.38 bits per heavy atom. The molecule has 0 saturated carbocycles. The molecule has 0 bridgehead atoms. The van der Waals surface area contributed by atoms with Crippen molar-refractivity contribution in [3.8, 4) is 5.75 Å². The predicted octanol–water partition coefficient (Wildman–Crippen LogP) is 3.35. The zero-order valence-corrected chi connectivity index (χ0v) is 12.9. The fourth-order valence-corrected chi connectivity index (χ4v) is 2.09. The first-order chi connectivity index (χ1) is 9.91. The lowest BCUT2D eigenvalue weighted by Crippen LogP contribution is -2.33. The average Bonchev–Trinajstić information content (AvgIpc) is 2.42. The lowest BCUT2D eigenvalue weighted by atomic mass is 10.0. The minimum Gasteiger partial charge on any atom is -0.487 e. The first-order valence-corrected chi connectivity index (χ1v) is 7.27. The van der Waals surface area contributed by atoms with Crippen molar-refractivity contribution in [2.75, 3.05) is 18.5 Å². The second-order valence-corrected chi connectivity index (χ2v) is 5.36. The van der Waals surface area contributed by atoms with Crippen molar-refractivity contribution in [2.24, 2.45) is 0 Å².